The number of hydrogen-bond donors (Lipinski definition) is 0. The maximum Gasteiger partial charge on any atom is 0.404 e. The minimum Gasteiger partial charge on any atom is -0.192 e. The third-order valence-electron chi connectivity index (χ3n) is 13.8. The van der Waals surface area contributed by atoms with Crippen molar-refractivity contribution in [1.82, 2.24) is 9.13 Å². The van der Waals surface area contributed by atoms with Crippen molar-refractivity contribution in [3.8, 4) is 0 Å². The number of aliphatic imine (C=N–C) groups is 2. The highest BCUT2D eigenvalue weighted by Gasteiger charge is 2.69. The first-order valence-corrected chi connectivity index (χ1v) is 19.6. The SMILES string of the molecule is CCc1cc2c(cc1C)C1=Nc3c4cc(CC)c(C)c(C)c4c4n3C35n6c(c7cc(C)c(CC)c(C)c7c6=NC6=[N+]3C(=N4)c3cc(C)c(C)cc36)=NC2=[N+]15. The summed E-state index contributed by atoms with van der Waals surface area (Å²) in [5, 5.41) is 4.66. The van der Waals surface area contributed by atoms with Gasteiger partial charge in [0.25, 0.3) is 23.3 Å². The molecule has 4 aromatic carbocycles. The summed E-state index contributed by atoms with van der Waals surface area (Å²) in [6.45, 7) is 22.5. The van der Waals surface area contributed by atoms with E-state index in [9.17, 15) is 0 Å². The summed E-state index contributed by atoms with van der Waals surface area (Å²) >= 11 is 0. The van der Waals surface area contributed by atoms with E-state index < -0.39 is 5.91 Å². The van der Waals surface area contributed by atoms with Crippen molar-refractivity contribution < 1.29 is 9.15 Å². The highest BCUT2D eigenvalue weighted by Crippen LogP contribution is 2.54. The van der Waals surface area contributed by atoms with E-state index in [-0.39, 0.29) is 0 Å². The molecule has 0 saturated heterocycles. The minimum absolute atomic E-state index is 0.933. The molecule has 0 radical (unpaired) electrons. The third-order valence-corrected chi connectivity index (χ3v) is 13.8. The lowest BCUT2D eigenvalue weighted by Gasteiger charge is -2.40. The van der Waals surface area contributed by atoms with Crippen LogP contribution in [0.1, 0.15) is 98.7 Å². The summed E-state index contributed by atoms with van der Waals surface area (Å²) in [4.78, 5) is 23.0. The van der Waals surface area contributed by atoms with E-state index >= 15 is 0 Å². The van der Waals surface area contributed by atoms with Crippen LogP contribution in [0.15, 0.2) is 56.4 Å². The number of fused-ring (bicyclic) bond motifs is 12. The van der Waals surface area contributed by atoms with Gasteiger partial charge < -0.3 is 0 Å². The van der Waals surface area contributed by atoms with Crippen LogP contribution in [0.4, 0.5) is 11.6 Å². The molecule has 1 spiro atoms. The van der Waals surface area contributed by atoms with Crippen molar-refractivity contribution in [2.45, 2.75) is 94.4 Å². The summed E-state index contributed by atoms with van der Waals surface area (Å²) in [6.07, 6.45) is 2.86. The van der Waals surface area contributed by atoms with Gasteiger partial charge in [0, 0.05) is 10.8 Å². The highest BCUT2D eigenvalue weighted by atomic mass is 15.7. The Kier molecular flexibility index (Phi) is 5.38. The van der Waals surface area contributed by atoms with Gasteiger partial charge in [0.15, 0.2) is 0 Å². The van der Waals surface area contributed by atoms with Gasteiger partial charge in [-0.3, -0.25) is 0 Å². The maximum absolute atomic E-state index is 5.75. The Labute approximate surface area is 313 Å². The zero-order chi connectivity index (χ0) is 37.0. The van der Waals surface area contributed by atoms with Crippen LogP contribution in [0.3, 0.4) is 0 Å². The molecule has 2 aromatic heterocycles. The fourth-order valence-electron chi connectivity index (χ4n) is 10.9. The smallest absolute Gasteiger partial charge is 0.192 e. The van der Waals surface area contributed by atoms with Crippen LogP contribution in [0.5, 0.6) is 0 Å². The van der Waals surface area contributed by atoms with Crippen molar-refractivity contribution in [1.29, 1.82) is 0 Å². The maximum atomic E-state index is 5.75. The molecule has 8 nitrogen and oxygen atoms in total. The van der Waals surface area contributed by atoms with Gasteiger partial charge in [-0.05, 0) is 160 Å². The summed E-state index contributed by atoms with van der Waals surface area (Å²) in [5.41, 5.74) is 19.4. The molecule has 8 heterocycles. The number of aromatic nitrogens is 2. The summed E-state index contributed by atoms with van der Waals surface area (Å²) in [5.74, 6) is 4.64. The van der Waals surface area contributed by atoms with Gasteiger partial charge in [-0.15, -0.1) is 9.15 Å². The molecule has 0 saturated carbocycles. The zero-order valence-corrected chi connectivity index (χ0v) is 32.7. The molecule has 6 aromatic rings. The standard InChI is InChI=1S/C46H42N8/c1-11-27-18-33-32(16-22(27)6)38-47-43-35-19-28(12-2)24(8)25(9)36(35)44-49-39-30-14-20(4)21(5)15-31(30)40-50-45-37-26(10)29(13-3)23(7)17-34(37)42-48-41(33)51(38)46(52(39)40,53(42)45)54(43)44/h14-19H,11-13H2,1-10H3/q+2. The second-order valence-corrected chi connectivity index (χ2v) is 16.3. The number of nitrogens with zero attached hydrogens (tertiary/aromatic N) is 8. The van der Waals surface area contributed by atoms with Crippen LogP contribution < -0.4 is 11.0 Å². The predicted octanol–water partition coefficient (Wildman–Crippen LogP) is 7.55. The lowest BCUT2D eigenvalue weighted by Crippen LogP contribution is -2.71. The van der Waals surface area contributed by atoms with Crippen LogP contribution in [-0.2, 0) is 25.2 Å². The Morgan fingerprint density at radius 2 is 1.11 bits per heavy atom. The molecular formula is C46H42N8+2. The fourth-order valence-corrected chi connectivity index (χ4v) is 10.9. The Morgan fingerprint density at radius 1 is 0.500 bits per heavy atom. The molecule has 0 bridgehead atoms. The number of benzene rings is 4. The quantitative estimate of drug-likeness (QED) is 0.171. The van der Waals surface area contributed by atoms with E-state index in [0.29, 0.717) is 0 Å². The largest absolute Gasteiger partial charge is 0.404 e. The van der Waals surface area contributed by atoms with Crippen molar-refractivity contribution >= 4 is 56.5 Å². The average molecular weight is 707 g/mol. The van der Waals surface area contributed by atoms with Crippen LogP contribution in [0.2, 0.25) is 0 Å². The Bertz CT molecular complexity index is 3230. The molecule has 54 heavy (non-hydrogen) atoms. The monoisotopic (exact) mass is 706 g/mol. The van der Waals surface area contributed by atoms with Crippen LogP contribution >= 0.6 is 0 Å². The Morgan fingerprint density at radius 3 is 1.78 bits per heavy atom. The van der Waals surface area contributed by atoms with Gasteiger partial charge in [-0.1, -0.05) is 40.7 Å². The normalized spacial score (nSPS) is 18.9. The summed E-state index contributed by atoms with van der Waals surface area (Å²) in [7, 11) is 0. The molecule has 8 heteroatoms. The predicted molar refractivity (Wildman–Crippen MR) is 215 cm³/mol. The van der Waals surface area contributed by atoms with Crippen LogP contribution in [0.25, 0.3) is 21.5 Å². The second-order valence-electron chi connectivity index (χ2n) is 16.3. The Balaban J connectivity index is 1.41. The number of rotatable bonds is 3. The van der Waals surface area contributed by atoms with E-state index in [1.807, 2.05) is 0 Å². The van der Waals surface area contributed by atoms with Gasteiger partial charge in [-0.2, -0.15) is 9.13 Å². The molecule has 12 rings (SSSR count). The van der Waals surface area contributed by atoms with Gasteiger partial charge in [0.2, 0.25) is 22.6 Å². The topological polar surface area (TPSA) is 65.3 Å². The van der Waals surface area contributed by atoms with E-state index in [1.165, 1.54) is 66.4 Å². The van der Waals surface area contributed by atoms with Crippen molar-refractivity contribution in [3.63, 3.8) is 0 Å². The molecular weight excluding hydrogens is 665 g/mol. The van der Waals surface area contributed by atoms with Crippen molar-refractivity contribution in [2.75, 3.05) is 0 Å². The van der Waals surface area contributed by atoms with E-state index in [1.54, 1.807) is 0 Å². The first-order valence-electron chi connectivity index (χ1n) is 19.6. The molecule has 6 aliphatic rings. The van der Waals surface area contributed by atoms with Gasteiger partial charge in [-0.25, -0.2) is 0 Å². The zero-order valence-electron chi connectivity index (χ0n) is 32.7. The second kappa shape index (κ2) is 9.48. The van der Waals surface area contributed by atoms with E-state index in [0.717, 1.165) is 98.2 Å². The van der Waals surface area contributed by atoms with Gasteiger partial charge >= 0.3 is 5.91 Å². The van der Waals surface area contributed by atoms with E-state index in [4.69, 9.17) is 20.0 Å². The first-order chi connectivity index (χ1) is 26.0. The highest BCUT2D eigenvalue weighted by molar-refractivity contribution is 6.21. The number of amidine groups is 4. The lowest BCUT2D eigenvalue weighted by atomic mass is 9.96. The molecule has 0 aliphatic carbocycles. The Hall–Kier alpha value is -5.76. The minimum atomic E-state index is -0.991. The first kappa shape index (κ1) is 30.7. The van der Waals surface area contributed by atoms with Crippen molar-refractivity contribution in [2.24, 2.45) is 20.0 Å². The molecule has 264 valence electrons. The molecule has 0 amide bonds. The number of hydrogen-bond acceptors (Lipinski definition) is 4. The van der Waals surface area contributed by atoms with Gasteiger partial charge in [0.05, 0.1) is 33.0 Å². The molecule has 0 fully saturated rings. The number of aryl methyl sites for hydroxylation is 8. The summed E-state index contributed by atoms with van der Waals surface area (Å²) in [6, 6.07) is 14.2. The third kappa shape index (κ3) is 3.05. The fraction of sp³-hybridized carbons (Fsp3) is 0.304. The lowest BCUT2D eigenvalue weighted by molar-refractivity contribution is -0.790. The van der Waals surface area contributed by atoms with Crippen LogP contribution in [0, 0.1) is 48.5 Å². The molecule has 0 N–H and O–H groups in total. The molecule has 1 atom stereocenters. The van der Waals surface area contributed by atoms with Gasteiger partial charge in [0.1, 0.15) is 0 Å². The molecule has 6 aliphatic heterocycles. The van der Waals surface area contributed by atoms with E-state index in [2.05, 4.69) is 124 Å². The summed E-state index contributed by atoms with van der Waals surface area (Å²) < 4.78 is 9.80. The molecule has 1 unspecified atom stereocenters. The van der Waals surface area contributed by atoms with Crippen molar-refractivity contribution in [3.05, 3.63) is 125 Å². The van der Waals surface area contributed by atoms with Crippen LogP contribution in [-0.4, -0.2) is 41.6 Å². The average Bonchev–Trinajstić information content (AvgIpc) is 3.85.